The highest BCUT2D eigenvalue weighted by Crippen LogP contribution is 2.24. The molecule has 1 N–H and O–H groups in total. The average Bonchev–Trinajstić information content (AvgIpc) is 2.85. The Morgan fingerprint density at radius 3 is 2.45 bits per heavy atom. The number of carboxylic acid groups (broad SMARTS) is 1. The van der Waals surface area contributed by atoms with Gasteiger partial charge in [0.15, 0.2) is 5.69 Å². The van der Waals surface area contributed by atoms with Crippen LogP contribution in [0, 0.1) is 0 Å². The van der Waals surface area contributed by atoms with Crippen LogP contribution in [0.4, 0.5) is 0 Å². The number of hydrogen-bond acceptors (Lipinski definition) is 2. The molecule has 0 saturated carbocycles. The van der Waals surface area contributed by atoms with E-state index in [-0.39, 0.29) is 11.7 Å². The highest BCUT2D eigenvalue weighted by molar-refractivity contribution is 5.87. The van der Waals surface area contributed by atoms with Crippen molar-refractivity contribution in [1.29, 1.82) is 0 Å². The molecule has 2 aromatic rings. The number of aromatic carboxylic acids is 1. The third-order valence-corrected chi connectivity index (χ3v) is 3.23. The van der Waals surface area contributed by atoms with Gasteiger partial charge in [0.1, 0.15) is 0 Å². The molecule has 0 aliphatic heterocycles. The van der Waals surface area contributed by atoms with Crippen LogP contribution in [-0.4, -0.2) is 20.9 Å². The molecule has 4 nitrogen and oxygen atoms in total. The minimum absolute atomic E-state index is 0.0892. The number of carboxylic acids is 1. The van der Waals surface area contributed by atoms with Crippen LogP contribution >= 0.6 is 0 Å². The standard InChI is InChI=1S/C16H20N2O2/c1-4-5-12-6-8-13(9-7-12)15-10-14(16(19)20)17-18(15)11(2)3/h6-11H,4-5H2,1-3H3,(H,19,20). The Morgan fingerprint density at radius 1 is 1.30 bits per heavy atom. The predicted molar refractivity (Wildman–Crippen MR) is 79.0 cm³/mol. The topological polar surface area (TPSA) is 55.1 Å². The molecule has 0 radical (unpaired) electrons. The summed E-state index contributed by atoms with van der Waals surface area (Å²) in [7, 11) is 0. The molecule has 2 rings (SSSR count). The summed E-state index contributed by atoms with van der Waals surface area (Å²) in [4.78, 5) is 11.1. The molecular formula is C16H20N2O2. The van der Waals surface area contributed by atoms with Gasteiger partial charge in [-0.05, 0) is 37.5 Å². The van der Waals surface area contributed by atoms with Gasteiger partial charge in [-0.2, -0.15) is 5.10 Å². The second kappa shape index (κ2) is 5.90. The van der Waals surface area contributed by atoms with Crippen molar-refractivity contribution < 1.29 is 9.90 Å². The molecule has 1 aromatic heterocycles. The summed E-state index contributed by atoms with van der Waals surface area (Å²) in [5, 5.41) is 13.3. The van der Waals surface area contributed by atoms with Crippen LogP contribution in [0.5, 0.6) is 0 Å². The zero-order valence-corrected chi connectivity index (χ0v) is 12.1. The lowest BCUT2D eigenvalue weighted by Crippen LogP contribution is -2.06. The summed E-state index contributed by atoms with van der Waals surface area (Å²) in [5.74, 6) is -0.992. The maximum absolute atomic E-state index is 11.1. The fourth-order valence-electron chi connectivity index (χ4n) is 2.24. The van der Waals surface area contributed by atoms with Crippen molar-refractivity contribution in [2.45, 2.75) is 39.7 Å². The quantitative estimate of drug-likeness (QED) is 0.901. The van der Waals surface area contributed by atoms with E-state index in [4.69, 9.17) is 5.11 Å². The highest BCUT2D eigenvalue weighted by atomic mass is 16.4. The molecule has 0 fully saturated rings. The van der Waals surface area contributed by atoms with Crippen LogP contribution in [-0.2, 0) is 6.42 Å². The van der Waals surface area contributed by atoms with E-state index in [1.54, 1.807) is 10.7 Å². The van der Waals surface area contributed by atoms with Crippen molar-refractivity contribution >= 4 is 5.97 Å². The zero-order chi connectivity index (χ0) is 14.7. The number of aryl methyl sites for hydroxylation is 1. The van der Waals surface area contributed by atoms with E-state index in [9.17, 15) is 4.79 Å². The van der Waals surface area contributed by atoms with Gasteiger partial charge in [0.25, 0.3) is 0 Å². The van der Waals surface area contributed by atoms with Gasteiger partial charge in [-0.1, -0.05) is 37.6 Å². The molecule has 0 bridgehead atoms. The van der Waals surface area contributed by atoms with Gasteiger partial charge >= 0.3 is 5.97 Å². The smallest absolute Gasteiger partial charge is 0.356 e. The number of carbonyl (C=O) groups is 1. The minimum atomic E-state index is -0.992. The van der Waals surface area contributed by atoms with Crippen molar-refractivity contribution in [3.8, 4) is 11.3 Å². The van der Waals surface area contributed by atoms with E-state index in [0.717, 1.165) is 24.1 Å². The first-order valence-electron chi connectivity index (χ1n) is 6.95. The maximum atomic E-state index is 11.1. The molecule has 0 aliphatic carbocycles. The lowest BCUT2D eigenvalue weighted by molar-refractivity contribution is 0.0689. The monoisotopic (exact) mass is 272 g/mol. The Hall–Kier alpha value is -2.10. The first-order chi connectivity index (χ1) is 9.52. The first kappa shape index (κ1) is 14.3. The fourth-order valence-corrected chi connectivity index (χ4v) is 2.24. The lowest BCUT2D eigenvalue weighted by atomic mass is 10.1. The van der Waals surface area contributed by atoms with Gasteiger partial charge in [-0.3, -0.25) is 4.68 Å². The molecule has 1 heterocycles. The summed E-state index contributed by atoms with van der Waals surface area (Å²) < 4.78 is 1.76. The fraction of sp³-hybridized carbons (Fsp3) is 0.375. The highest BCUT2D eigenvalue weighted by Gasteiger charge is 2.16. The normalized spacial score (nSPS) is 11.0. The largest absolute Gasteiger partial charge is 0.476 e. The van der Waals surface area contributed by atoms with Crippen LogP contribution < -0.4 is 0 Å². The summed E-state index contributed by atoms with van der Waals surface area (Å²) in [6.45, 7) is 6.14. The van der Waals surface area contributed by atoms with E-state index in [0.29, 0.717) is 0 Å². The first-order valence-corrected chi connectivity index (χ1v) is 6.95. The molecule has 0 atom stereocenters. The van der Waals surface area contributed by atoms with E-state index in [1.165, 1.54) is 5.56 Å². The number of hydrogen-bond donors (Lipinski definition) is 1. The second-order valence-corrected chi connectivity index (χ2v) is 5.21. The second-order valence-electron chi connectivity index (χ2n) is 5.21. The Balaban J connectivity index is 2.42. The molecule has 4 heteroatoms. The molecule has 0 saturated heterocycles. The van der Waals surface area contributed by atoms with Crippen molar-refractivity contribution in [2.75, 3.05) is 0 Å². The van der Waals surface area contributed by atoms with Crippen LogP contribution in [0.2, 0.25) is 0 Å². The van der Waals surface area contributed by atoms with Crippen molar-refractivity contribution in [2.24, 2.45) is 0 Å². The van der Waals surface area contributed by atoms with Crippen molar-refractivity contribution in [3.05, 3.63) is 41.6 Å². The van der Waals surface area contributed by atoms with Crippen LogP contribution in [0.3, 0.4) is 0 Å². The van der Waals surface area contributed by atoms with E-state index in [2.05, 4.69) is 24.2 Å². The van der Waals surface area contributed by atoms with E-state index in [1.807, 2.05) is 26.0 Å². The van der Waals surface area contributed by atoms with Crippen LogP contribution in [0.25, 0.3) is 11.3 Å². The third kappa shape index (κ3) is 2.90. The number of benzene rings is 1. The number of rotatable bonds is 5. The average molecular weight is 272 g/mol. The van der Waals surface area contributed by atoms with Gasteiger partial charge in [0, 0.05) is 6.04 Å². The Bertz CT molecular complexity index is 597. The summed E-state index contributed by atoms with van der Waals surface area (Å²) in [5.41, 5.74) is 3.23. The summed E-state index contributed by atoms with van der Waals surface area (Å²) in [6.07, 6.45) is 2.18. The Kier molecular flexibility index (Phi) is 4.23. The van der Waals surface area contributed by atoms with Crippen LogP contribution in [0.1, 0.15) is 49.3 Å². The molecule has 106 valence electrons. The Morgan fingerprint density at radius 2 is 1.95 bits per heavy atom. The molecule has 20 heavy (non-hydrogen) atoms. The molecule has 1 aromatic carbocycles. The molecule has 0 unspecified atom stereocenters. The molecule has 0 spiro atoms. The number of nitrogens with zero attached hydrogens (tertiary/aromatic N) is 2. The summed E-state index contributed by atoms with van der Waals surface area (Å²) in [6, 6.07) is 10.0. The third-order valence-electron chi connectivity index (χ3n) is 3.23. The van der Waals surface area contributed by atoms with E-state index < -0.39 is 5.97 Å². The van der Waals surface area contributed by atoms with Crippen molar-refractivity contribution in [3.63, 3.8) is 0 Å². The summed E-state index contributed by atoms with van der Waals surface area (Å²) >= 11 is 0. The minimum Gasteiger partial charge on any atom is -0.476 e. The zero-order valence-electron chi connectivity index (χ0n) is 12.1. The molecular weight excluding hydrogens is 252 g/mol. The predicted octanol–water partition coefficient (Wildman–Crippen LogP) is 3.78. The van der Waals surface area contributed by atoms with Gasteiger partial charge in [0.05, 0.1) is 5.69 Å². The van der Waals surface area contributed by atoms with E-state index >= 15 is 0 Å². The maximum Gasteiger partial charge on any atom is 0.356 e. The molecule has 0 aliphatic rings. The molecule has 0 amide bonds. The van der Waals surface area contributed by atoms with Crippen LogP contribution in [0.15, 0.2) is 30.3 Å². The van der Waals surface area contributed by atoms with Gasteiger partial charge in [0.2, 0.25) is 0 Å². The van der Waals surface area contributed by atoms with Gasteiger partial charge < -0.3 is 5.11 Å². The lowest BCUT2D eigenvalue weighted by Gasteiger charge is -2.11. The SMILES string of the molecule is CCCc1ccc(-c2cc(C(=O)O)nn2C(C)C)cc1. The van der Waals surface area contributed by atoms with Gasteiger partial charge in [-0.15, -0.1) is 0 Å². The number of aromatic nitrogens is 2. The van der Waals surface area contributed by atoms with Gasteiger partial charge in [-0.25, -0.2) is 4.79 Å². The Labute approximate surface area is 119 Å². The van der Waals surface area contributed by atoms with Crippen molar-refractivity contribution in [1.82, 2.24) is 9.78 Å².